The van der Waals surface area contributed by atoms with E-state index in [1.807, 2.05) is 94.6 Å². The molecular weight excluding hydrogens is 502 g/mol. The van der Waals surface area contributed by atoms with Gasteiger partial charge < -0.3 is 19.3 Å². The van der Waals surface area contributed by atoms with Crippen molar-refractivity contribution in [2.75, 3.05) is 0 Å². The number of fused-ring (bicyclic) bond motifs is 1. The van der Waals surface area contributed by atoms with Gasteiger partial charge >= 0.3 is 5.97 Å². The molecule has 210 valence electrons. The Balaban J connectivity index is 1.71. The first-order chi connectivity index (χ1) is 18.7. The molecular formula is C33H39N3O4. The van der Waals surface area contributed by atoms with E-state index in [1.165, 1.54) is 0 Å². The average molecular weight is 542 g/mol. The minimum atomic E-state index is -0.822. The van der Waals surface area contributed by atoms with E-state index in [2.05, 4.69) is 0 Å². The minimum absolute atomic E-state index is 0.00157. The molecule has 0 saturated carbocycles. The van der Waals surface area contributed by atoms with Crippen LogP contribution >= 0.6 is 0 Å². The molecule has 0 spiro atoms. The molecule has 0 saturated heterocycles. The highest BCUT2D eigenvalue weighted by Crippen LogP contribution is 2.40. The van der Waals surface area contributed by atoms with Gasteiger partial charge in [-0.05, 0) is 52.6 Å². The number of imidazole rings is 1. The van der Waals surface area contributed by atoms with Gasteiger partial charge in [0.1, 0.15) is 5.75 Å². The molecule has 0 fully saturated rings. The standard InChI is InChI=1S/C33H39N3O4/c1-32(2,3)24-17-23(18-25(30(24)40)33(4,5)6)28(37)20-36-27-10-8-7-9-26(27)35(31(36)34)19-22-13-11-21(12-14-22)15-16-29(38)39/h7-14,17-18,34,40H,15-16,19-20H2,1-6H3,(H,38,39). The molecule has 4 aromatic rings. The second-order valence-electron chi connectivity index (χ2n) is 12.5. The van der Waals surface area contributed by atoms with Gasteiger partial charge in [-0.15, -0.1) is 0 Å². The monoisotopic (exact) mass is 541 g/mol. The third-order valence-corrected chi connectivity index (χ3v) is 7.32. The molecule has 7 nitrogen and oxygen atoms in total. The maximum absolute atomic E-state index is 13.8. The Morgan fingerprint density at radius 3 is 1.80 bits per heavy atom. The molecule has 0 aliphatic heterocycles. The van der Waals surface area contributed by atoms with Crippen LogP contribution in [0.2, 0.25) is 0 Å². The first-order valence-corrected chi connectivity index (χ1v) is 13.6. The van der Waals surface area contributed by atoms with Crippen molar-refractivity contribution in [1.29, 1.82) is 5.41 Å². The molecule has 1 aromatic heterocycles. The fraction of sp³-hybridized carbons (Fsp3) is 0.364. The van der Waals surface area contributed by atoms with Crippen molar-refractivity contribution in [2.45, 2.75) is 78.3 Å². The molecule has 4 rings (SSSR count). The van der Waals surface area contributed by atoms with Crippen LogP contribution in [0.1, 0.15) is 80.6 Å². The van der Waals surface area contributed by atoms with Crippen LogP contribution in [0.15, 0.2) is 60.7 Å². The lowest BCUT2D eigenvalue weighted by atomic mass is 9.78. The number of hydrogen-bond donors (Lipinski definition) is 3. The van der Waals surface area contributed by atoms with Crippen molar-refractivity contribution in [3.05, 3.63) is 94.1 Å². The second kappa shape index (κ2) is 10.8. The Labute approximate surface area is 235 Å². The predicted octanol–water partition coefficient (Wildman–Crippen LogP) is 6.17. The topological polar surface area (TPSA) is 108 Å². The van der Waals surface area contributed by atoms with Gasteiger partial charge in [0, 0.05) is 23.1 Å². The summed E-state index contributed by atoms with van der Waals surface area (Å²) < 4.78 is 3.62. The zero-order valence-corrected chi connectivity index (χ0v) is 24.2. The highest BCUT2D eigenvalue weighted by atomic mass is 16.4. The normalized spacial score (nSPS) is 12.2. The zero-order chi connectivity index (χ0) is 29.4. The van der Waals surface area contributed by atoms with Crippen LogP contribution in [0.25, 0.3) is 11.0 Å². The van der Waals surface area contributed by atoms with E-state index in [0.29, 0.717) is 18.5 Å². The molecule has 1 heterocycles. The zero-order valence-electron chi connectivity index (χ0n) is 24.2. The first-order valence-electron chi connectivity index (χ1n) is 13.6. The van der Waals surface area contributed by atoms with Crippen LogP contribution in [0.5, 0.6) is 5.75 Å². The molecule has 0 atom stereocenters. The van der Waals surface area contributed by atoms with Crippen molar-refractivity contribution >= 4 is 22.8 Å². The van der Waals surface area contributed by atoms with Crippen molar-refractivity contribution in [1.82, 2.24) is 9.13 Å². The Bertz CT molecular complexity index is 1590. The van der Waals surface area contributed by atoms with Gasteiger partial charge in [-0.1, -0.05) is 77.9 Å². The van der Waals surface area contributed by atoms with E-state index < -0.39 is 5.97 Å². The van der Waals surface area contributed by atoms with Gasteiger partial charge in [-0.25, -0.2) is 0 Å². The number of aliphatic carboxylic acids is 1. The van der Waals surface area contributed by atoms with Crippen molar-refractivity contribution < 1.29 is 19.8 Å². The third kappa shape index (κ3) is 6.03. The number of benzene rings is 3. The largest absolute Gasteiger partial charge is 0.507 e. The van der Waals surface area contributed by atoms with Crippen LogP contribution < -0.4 is 5.62 Å². The summed E-state index contributed by atoms with van der Waals surface area (Å²) in [6.45, 7) is 12.6. The van der Waals surface area contributed by atoms with E-state index in [4.69, 9.17) is 10.5 Å². The molecule has 0 radical (unpaired) electrons. The van der Waals surface area contributed by atoms with Crippen molar-refractivity contribution in [2.24, 2.45) is 0 Å². The number of ketones is 1. The SMILES string of the molecule is CC(C)(C)c1cc(C(=O)Cn2c(=N)n(Cc3ccc(CCC(=O)O)cc3)c3ccccc32)cc(C(C)(C)C)c1O. The first kappa shape index (κ1) is 28.9. The summed E-state index contributed by atoms with van der Waals surface area (Å²) in [4.78, 5) is 24.6. The molecule has 3 N–H and O–H groups in total. The van der Waals surface area contributed by atoms with Gasteiger partial charge in [0.2, 0.25) is 5.62 Å². The predicted molar refractivity (Wildman–Crippen MR) is 157 cm³/mol. The fourth-order valence-corrected chi connectivity index (χ4v) is 5.03. The molecule has 0 amide bonds. The number of carboxylic acids is 1. The number of nitrogens with zero attached hydrogens (tertiary/aromatic N) is 2. The molecule has 0 aliphatic carbocycles. The molecule has 40 heavy (non-hydrogen) atoms. The summed E-state index contributed by atoms with van der Waals surface area (Å²) >= 11 is 0. The Hall–Kier alpha value is -4.13. The van der Waals surface area contributed by atoms with Crippen LogP contribution in [-0.2, 0) is 35.1 Å². The highest BCUT2D eigenvalue weighted by Gasteiger charge is 2.28. The van der Waals surface area contributed by atoms with Gasteiger partial charge in [0.15, 0.2) is 5.78 Å². The second-order valence-corrected chi connectivity index (χ2v) is 12.5. The summed E-state index contributed by atoms with van der Waals surface area (Å²) in [6, 6.07) is 19.1. The number of para-hydroxylation sites is 2. The molecule has 3 aromatic carbocycles. The number of aromatic hydroxyl groups is 1. The van der Waals surface area contributed by atoms with Crippen LogP contribution in [0.3, 0.4) is 0 Å². The Morgan fingerprint density at radius 1 is 0.800 bits per heavy atom. The molecule has 7 heteroatoms. The van der Waals surface area contributed by atoms with Crippen LogP contribution in [0.4, 0.5) is 0 Å². The maximum atomic E-state index is 13.8. The number of aromatic nitrogens is 2. The number of Topliss-reactive ketones (excluding diaryl/α,β-unsaturated/α-hetero) is 1. The number of phenols is 1. The number of aryl methyl sites for hydroxylation is 1. The summed E-state index contributed by atoms with van der Waals surface area (Å²) in [6.07, 6.45) is 0.557. The van der Waals surface area contributed by atoms with E-state index in [1.54, 1.807) is 16.7 Å². The molecule has 0 aliphatic rings. The maximum Gasteiger partial charge on any atom is 0.303 e. The summed E-state index contributed by atoms with van der Waals surface area (Å²) in [7, 11) is 0. The van der Waals surface area contributed by atoms with E-state index >= 15 is 0 Å². The van der Waals surface area contributed by atoms with Gasteiger partial charge in [0.25, 0.3) is 0 Å². The summed E-state index contributed by atoms with van der Waals surface area (Å²) in [5.74, 6) is -0.714. The summed E-state index contributed by atoms with van der Waals surface area (Å²) in [5.41, 5.74) is 5.08. The van der Waals surface area contributed by atoms with Gasteiger partial charge in [-0.3, -0.25) is 15.0 Å². The smallest absolute Gasteiger partial charge is 0.303 e. The van der Waals surface area contributed by atoms with Gasteiger partial charge in [-0.2, -0.15) is 0 Å². The fourth-order valence-electron chi connectivity index (χ4n) is 5.03. The van der Waals surface area contributed by atoms with E-state index in [9.17, 15) is 14.7 Å². The number of nitrogens with one attached hydrogen (secondary N) is 1. The average Bonchev–Trinajstić information content (AvgIpc) is 3.13. The van der Waals surface area contributed by atoms with E-state index in [-0.39, 0.29) is 40.9 Å². The van der Waals surface area contributed by atoms with E-state index in [0.717, 1.165) is 33.3 Å². The number of hydrogen-bond acceptors (Lipinski definition) is 4. The number of rotatable bonds is 8. The summed E-state index contributed by atoms with van der Waals surface area (Å²) in [5, 5.41) is 29.0. The number of carbonyl (C=O) groups excluding carboxylic acids is 1. The van der Waals surface area contributed by atoms with Crippen molar-refractivity contribution in [3.8, 4) is 5.75 Å². The lowest BCUT2D eigenvalue weighted by Gasteiger charge is -2.28. The lowest BCUT2D eigenvalue weighted by molar-refractivity contribution is -0.136. The minimum Gasteiger partial charge on any atom is -0.507 e. The number of phenolic OH excluding ortho intramolecular Hbond substituents is 1. The highest BCUT2D eigenvalue weighted by molar-refractivity contribution is 5.97. The number of carboxylic acid groups (broad SMARTS) is 1. The lowest BCUT2D eigenvalue weighted by Crippen LogP contribution is -2.28. The van der Waals surface area contributed by atoms with Gasteiger partial charge in [0.05, 0.1) is 24.1 Å². The Kier molecular flexibility index (Phi) is 7.79. The Morgan fingerprint density at radius 2 is 1.30 bits per heavy atom. The molecule has 0 bridgehead atoms. The number of carbonyl (C=O) groups is 2. The quantitative estimate of drug-likeness (QED) is 0.232. The van der Waals surface area contributed by atoms with Crippen LogP contribution in [0, 0.1) is 5.41 Å². The van der Waals surface area contributed by atoms with Crippen LogP contribution in [-0.4, -0.2) is 31.1 Å². The molecule has 0 unspecified atom stereocenters. The third-order valence-electron chi connectivity index (χ3n) is 7.32. The van der Waals surface area contributed by atoms with Crippen molar-refractivity contribution in [3.63, 3.8) is 0 Å².